The fraction of sp³-hybridized carbons (Fsp3) is 0.267. The number of ether oxygens (including phenoxy) is 1. The summed E-state index contributed by atoms with van der Waals surface area (Å²) in [6.45, 7) is 1.04. The average Bonchev–Trinajstić information content (AvgIpc) is 3.00. The number of furan rings is 1. The second kappa shape index (κ2) is 6.03. The molecule has 0 radical (unpaired) electrons. The number of nitrogens with zero attached hydrogens (tertiary/aromatic N) is 1. The van der Waals surface area contributed by atoms with Crippen LogP contribution in [0.25, 0.3) is 11.3 Å². The summed E-state index contributed by atoms with van der Waals surface area (Å²) in [5.41, 5.74) is -0.698. The first-order valence-electron chi connectivity index (χ1n) is 7.21. The largest absolute Gasteiger partial charge is 0.502 e. The van der Waals surface area contributed by atoms with E-state index >= 15 is 0 Å². The third kappa shape index (κ3) is 2.93. The van der Waals surface area contributed by atoms with Crippen LogP contribution in [0.2, 0.25) is 0 Å². The molecule has 7 nitrogen and oxygen atoms in total. The van der Waals surface area contributed by atoms with Gasteiger partial charge in [-0.05, 0) is 18.6 Å². The van der Waals surface area contributed by atoms with Crippen molar-refractivity contribution in [1.82, 2.24) is 0 Å². The highest BCUT2D eigenvalue weighted by molar-refractivity contribution is 7.93. The monoisotopic (exact) mass is 373 g/mol. The number of carbonyl (C=O) groups is 1. The molecule has 0 atom stereocenters. The van der Waals surface area contributed by atoms with Gasteiger partial charge in [-0.2, -0.15) is 0 Å². The first-order chi connectivity index (χ1) is 11.7. The Morgan fingerprint density at radius 1 is 1.32 bits per heavy atom. The van der Waals surface area contributed by atoms with Crippen molar-refractivity contribution in [2.24, 2.45) is 0 Å². The second-order valence-corrected chi connectivity index (χ2v) is 7.36. The van der Waals surface area contributed by atoms with Crippen molar-refractivity contribution in [3.05, 3.63) is 29.8 Å². The molecule has 1 fully saturated rings. The molecule has 0 spiro atoms. The highest BCUT2D eigenvalue weighted by Crippen LogP contribution is 2.50. The van der Waals surface area contributed by atoms with Crippen molar-refractivity contribution in [1.29, 1.82) is 0 Å². The van der Waals surface area contributed by atoms with Gasteiger partial charge in [0.2, 0.25) is 21.5 Å². The second-order valence-electron chi connectivity index (χ2n) is 5.35. The Hall–Kier alpha value is -2.62. The molecule has 2 heterocycles. The zero-order valence-electron chi connectivity index (χ0n) is 13.0. The molecular formula is C15H13F2NO6S. The van der Waals surface area contributed by atoms with Crippen LogP contribution in [0.15, 0.2) is 22.6 Å². The number of rotatable bonds is 3. The van der Waals surface area contributed by atoms with E-state index in [0.29, 0.717) is 0 Å². The maximum atomic E-state index is 14.0. The smallest absolute Gasteiger partial charge is 0.308 e. The van der Waals surface area contributed by atoms with Crippen LogP contribution >= 0.6 is 0 Å². The number of esters is 1. The molecule has 0 amide bonds. The van der Waals surface area contributed by atoms with Crippen LogP contribution in [0.5, 0.6) is 11.5 Å². The molecule has 1 aliphatic heterocycles. The van der Waals surface area contributed by atoms with Crippen molar-refractivity contribution in [3.63, 3.8) is 0 Å². The van der Waals surface area contributed by atoms with Crippen molar-refractivity contribution in [2.75, 3.05) is 16.6 Å². The third-order valence-electron chi connectivity index (χ3n) is 3.58. The Balaban J connectivity index is 2.24. The molecule has 1 aromatic heterocycles. The molecule has 2 aromatic rings. The first kappa shape index (κ1) is 17.2. The van der Waals surface area contributed by atoms with E-state index in [2.05, 4.69) is 0 Å². The maximum Gasteiger partial charge on any atom is 0.308 e. The SMILES string of the molecule is CC(=O)Oc1c(N2CCCS2(=O)=O)oc(-c2c(F)cccc2F)c1O. The molecule has 1 aliphatic rings. The topological polar surface area (TPSA) is 97.0 Å². The van der Waals surface area contributed by atoms with E-state index in [-0.39, 0.29) is 18.7 Å². The van der Waals surface area contributed by atoms with Crippen molar-refractivity contribution < 1.29 is 36.3 Å². The van der Waals surface area contributed by atoms with Gasteiger partial charge >= 0.3 is 5.97 Å². The number of carbonyl (C=O) groups excluding carboxylic acids is 1. The predicted molar refractivity (Wildman–Crippen MR) is 82.8 cm³/mol. The molecule has 1 aromatic carbocycles. The number of aromatic hydroxyl groups is 1. The summed E-state index contributed by atoms with van der Waals surface area (Å²) in [4.78, 5) is 11.3. The first-order valence-corrected chi connectivity index (χ1v) is 8.82. The summed E-state index contributed by atoms with van der Waals surface area (Å²) in [5, 5.41) is 10.3. The summed E-state index contributed by atoms with van der Waals surface area (Å²) in [7, 11) is -3.75. The highest BCUT2D eigenvalue weighted by Gasteiger charge is 2.38. The van der Waals surface area contributed by atoms with Crippen LogP contribution in [0.1, 0.15) is 13.3 Å². The van der Waals surface area contributed by atoms with Gasteiger partial charge in [0.05, 0.1) is 11.3 Å². The van der Waals surface area contributed by atoms with Gasteiger partial charge < -0.3 is 14.3 Å². The van der Waals surface area contributed by atoms with E-state index in [9.17, 15) is 27.1 Å². The van der Waals surface area contributed by atoms with E-state index < -0.39 is 56.3 Å². The van der Waals surface area contributed by atoms with Gasteiger partial charge in [0, 0.05) is 13.5 Å². The van der Waals surface area contributed by atoms with E-state index in [1.54, 1.807) is 0 Å². The van der Waals surface area contributed by atoms with E-state index in [0.717, 1.165) is 29.4 Å². The summed E-state index contributed by atoms with van der Waals surface area (Å²) >= 11 is 0. The number of hydrogen-bond acceptors (Lipinski definition) is 6. The summed E-state index contributed by atoms with van der Waals surface area (Å²) in [6.07, 6.45) is 0.284. The molecular weight excluding hydrogens is 360 g/mol. The number of halogens is 2. The zero-order valence-corrected chi connectivity index (χ0v) is 13.8. The maximum absolute atomic E-state index is 14.0. The number of sulfonamides is 1. The van der Waals surface area contributed by atoms with Crippen LogP contribution in [0.3, 0.4) is 0 Å². The predicted octanol–water partition coefficient (Wildman–Crippen LogP) is 2.40. The highest BCUT2D eigenvalue weighted by atomic mass is 32.2. The normalized spacial score (nSPS) is 16.2. The lowest BCUT2D eigenvalue weighted by Gasteiger charge is -2.14. The molecule has 0 aliphatic carbocycles. The fourth-order valence-electron chi connectivity index (χ4n) is 2.55. The molecule has 25 heavy (non-hydrogen) atoms. The van der Waals surface area contributed by atoms with Gasteiger partial charge in [-0.3, -0.25) is 4.79 Å². The van der Waals surface area contributed by atoms with Crippen LogP contribution in [-0.2, 0) is 14.8 Å². The van der Waals surface area contributed by atoms with E-state index in [1.165, 1.54) is 0 Å². The minimum absolute atomic E-state index is 0.0166. The quantitative estimate of drug-likeness (QED) is 0.830. The Morgan fingerprint density at radius 2 is 1.96 bits per heavy atom. The van der Waals surface area contributed by atoms with Gasteiger partial charge in [0.25, 0.3) is 5.88 Å². The van der Waals surface area contributed by atoms with Gasteiger partial charge in [0.15, 0.2) is 5.76 Å². The van der Waals surface area contributed by atoms with Gasteiger partial charge in [-0.25, -0.2) is 21.5 Å². The summed E-state index contributed by atoms with van der Waals surface area (Å²) < 4.78 is 63.1. The lowest BCUT2D eigenvalue weighted by Crippen LogP contribution is -2.25. The van der Waals surface area contributed by atoms with Crippen molar-refractivity contribution in [2.45, 2.75) is 13.3 Å². The van der Waals surface area contributed by atoms with Gasteiger partial charge in [-0.15, -0.1) is 0 Å². The minimum Gasteiger partial charge on any atom is -0.502 e. The number of benzene rings is 1. The van der Waals surface area contributed by atoms with Crippen molar-refractivity contribution in [3.8, 4) is 22.8 Å². The lowest BCUT2D eigenvalue weighted by atomic mass is 10.1. The Kier molecular flexibility index (Phi) is 4.15. The third-order valence-corrected chi connectivity index (χ3v) is 5.41. The van der Waals surface area contributed by atoms with Crippen LogP contribution in [0, 0.1) is 11.6 Å². The Labute approximate surface area is 141 Å². The summed E-state index contributed by atoms with van der Waals surface area (Å²) in [5.74, 6) is -5.73. The molecule has 10 heteroatoms. The fourth-order valence-corrected chi connectivity index (χ4v) is 4.04. The van der Waals surface area contributed by atoms with Gasteiger partial charge in [0.1, 0.15) is 11.6 Å². The Bertz CT molecular complexity index is 933. The lowest BCUT2D eigenvalue weighted by molar-refractivity contribution is -0.132. The van der Waals surface area contributed by atoms with Crippen LogP contribution in [0.4, 0.5) is 14.7 Å². The summed E-state index contributed by atoms with van der Waals surface area (Å²) in [6, 6.07) is 3.00. The van der Waals surface area contributed by atoms with Crippen LogP contribution < -0.4 is 9.04 Å². The molecule has 1 N–H and O–H groups in total. The van der Waals surface area contributed by atoms with Gasteiger partial charge in [-0.1, -0.05) is 6.07 Å². The zero-order chi connectivity index (χ0) is 18.4. The average molecular weight is 373 g/mol. The minimum atomic E-state index is -3.75. The number of hydrogen-bond donors (Lipinski definition) is 1. The molecule has 0 unspecified atom stereocenters. The Morgan fingerprint density at radius 3 is 2.48 bits per heavy atom. The van der Waals surface area contributed by atoms with E-state index in [4.69, 9.17) is 9.15 Å². The van der Waals surface area contributed by atoms with E-state index in [1.807, 2.05) is 0 Å². The number of anilines is 1. The molecule has 134 valence electrons. The molecule has 1 saturated heterocycles. The molecule has 0 saturated carbocycles. The standard InChI is InChI=1S/C15H13F2NO6S/c1-8(19)23-14-12(20)13(11-9(16)4-2-5-10(11)17)24-15(14)18-6-3-7-25(18,21)22/h2,4-5,20H,3,6-7H2,1H3. The van der Waals surface area contributed by atoms with Crippen LogP contribution in [-0.4, -0.2) is 31.8 Å². The molecule has 3 rings (SSSR count). The van der Waals surface area contributed by atoms with Crippen molar-refractivity contribution >= 4 is 21.9 Å². The molecule has 0 bridgehead atoms.